The highest BCUT2D eigenvalue weighted by Crippen LogP contribution is 2.29. The summed E-state index contributed by atoms with van der Waals surface area (Å²) in [5.74, 6) is -1.14. The van der Waals surface area contributed by atoms with E-state index >= 15 is 0 Å². The molecule has 0 aromatic heterocycles. The number of carboxylic acids is 1. The molecule has 0 aliphatic carbocycles. The van der Waals surface area contributed by atoms with E-state index in [0.717, 1.165) is 4.42 Å². The van der Waals surface area contributed by atoms with Crippen LogP contribution in [0.5, 0.6) is 0 Å². The number of halogens is 1. The van der Waals surface area contributed by atoms with E-state index in [0.29, 0.717) is 5.69 Å². The van der Waals surface area contributed by atoms with Gasteiger partial charge < -0.3 is 10.2 Å². The second-order valence-corrected chi connectivity index (χ2v) is 3.80. The van der Waals surface area contributed by atoms with Crippen LogP contribution in [0.1, 0.15) is 13.3 Å². The molecule has 5 heteroatoms. The van der Waals surface area contributed by atoms with Crippen LogP contribution in [-0.2, 0) is 4.79 Å². The van der Waals surface area contributed by atoms with E-state index in [1.165, 1.54) is 0 Å². The van der Waals surface area contributed by atoms with Gasteiger partial charge in [0.15, 0.2) is 5.54 Å². The maximum Gasteiger partial charge on any atom is 0.333 e. The lowest BCUT2D eigenvalue weighted by molar-refractivity contribution is -0.144. The van der Waals surface area contributed by atoms with Gasteiger partial charge in [0.1, 0.15) is 0 Å². The fourth-order valence-electron chi connectivity index (χ4n) is 1.42. The first-order valence-electron chi connectivity index (χ1n) is 4.94. The molecular weight excluding hydrogens is 230 g/mol. The van der Waals surface area contributed by atoms with Crippen molar-refractivity contribution in [2.45, 2.75) is 18.9 Å². The predicted molar refractivity (Wildman–Crippen MR) is 62.5 cm³/mol. The Morgan fingerprint density at radius 1 is 1.44 bits per heavy atom. The van der Waals surface area contributed by atoms with Gasteiger partial charge in [-0.25, -0.2) is 4.79 Å². The van der Waals surface area contributed by atoms with Crippen molar-refractivity contribution in [3.8, 4) is 0 Å². The zero-order chi connectivity index (χ0) is 12.2. The Labute approximate surface area is 99.2 Å². The van der Waals surface area contributed by atoms with E-state index in [9.17, 15) is 9.90 Å². The van der Waals surface area contributed by atoms with E-state index in [1.54, 1.807) is 31.2 Å². The van der Waals surface area contributed by atoms with Gasteiger partial charge in [0.2, 0.25) is 0 Å². The van der Waals surface area contributed by atoms with Crippen molar-refractivity contribution in [2.75, 3.05) is 11.0 Å². The number of nitrogens with zero attached hydrogens (tertiary/aromatic N) is 1. The standard InChI is InChI=1S/C11H14ClNO3/c1-2-11(8-14,10(15)16)13(12)9-6-4-3-5-7-9/h3-7,14H,2,8H2,1H3,(H,15,16)/t11-/m0/s1. The molecule has 0 bridgehead atoms. The summed E-state index contributed by atoms with van der Waals surface area (Å²) in [4.78, 5) is 11.2. The zero-order valence-corrected chi connectivity index (χ0v) is 9.68. The summed E-state index contributed by atoms with van der Waals surface area (Å²) in [6.07, 6.45) is 0.206. The first kappa shape index (κ1) is 12.8. The Balaban J connectivity index is 3.10. The normalized spacial score (nSPS) is 14.2. The van der Waals surface area contributed by atoms with Crippen molar-refractivity contribution in [3.63, 3.8) is 0 Å². The molecular formula is C11H14ClNO3. The molecule has 1 aromatic carbocycles. The first-order valence-corrected chi connectivity index (χ1v) is 5.27. The number of carbonyl (C=O) groups is 1. The number of benzene rings is 1. The Kier molecular flexibility index (Phi) is 4.15. The van der Waals surface area contributed by atoms with Gasteiger partial charge in [0.05, 0.1) is 12.3 Å². The van der Waals surface area contributed by atoms with Crippen molar-refractivity contribution in [1.82, 2.24) is 0 Å². The number of anilines is 1. The monoisotopic (exact) mass is 243 g/mol. The summed E-state index contributed by atoms with van der Waals surface area (Å²) in [6.45, 7) is 1.12. The van der Waals surface area contributed by atoms with Gasteiger partial charge in [-0.05, 0) is 18.6 Å². The lowest BCUT2D eigenvalue weighted by Gasteiger charge is -2.34. The average Bonchev–Trinajstić information content (AvgIpc) is 2.32. The molecule has 16 heavy (non-hydrogen) atoms. The summed E-state index contributed by atoms with van der Waals surface area (Å²) >= 11 is 6.02. The number of hydrogen-bond donors (Lipinski definition) is 2. The number of aliphatic carboxylic acids is 1. The third-order valence-electron chi connectivity index (χ3n) is 2.60. The SMILES string of the molecule is CC[C@](CO)(C(=O)O)N(Cl)c1ccccc1. The van der Waals surface area contributed by atoms with Gasteiger partial charge in [-0.15, -0.1) is 0 Å². The molecule has 88 valence electrons. The second-order valence-electron chi connectivity index (χ2n) is 3.46. The molecule has 0 fully saturated rings. The smallest absolute Gasteiger partial charge is 0.333 e. The quantitative estimate of drug-likeness (QED) is 0.775. The molecule has 0 saturated heterocycles. The van der Waals surface area contributed by atoms with Crippen LogP contribution in [0.3, 0.4) is 0 Å². The van der Waals surface area contributed by atoms with E-state index < -0.39 is 18.1 Å². The molecule has 0 aliphatic heterocycles. The maximum atomic E-state index is 11.2. The van der Waals surface area contributed by atoms with Crippen LogP contribution in [0.25, 0.3) is 0 Å². The minimum Gasteiger partial charge on any atom is -0.479 e. The molecule has 1 aromatic rings. The van der Waals surface area contributed by atoms with Crippen molar-refractivity contribution >= 4 is 23.4 Å². The maximum absolute atomic E-state index is 11.2. The van der Waals surface area contributed by atoms with Crippen LogP contribution < -0.4 is 4.42 Å². The topological polar surface area (TPSA) is 60.8 Å². The minimum absolute atomic E-state index is 0.206. The van der Waals surface area contributed by atoms with E-state index in [1.807, 2.05) is 6.07 Å². The van der Waals surface area contributed by atoms with Crippen LogP contribution in [0.4, 0.5) is 5.69 Å². The molecule has 2 N–H and O–H groups in total. The number of aliphatic hydroxyl groups is 1. The Morgan fingerprint density at radius 2 is 2.00 bits per heavy atom. The Morgan fingerprint density at radius 3 is 2.38 bits per heavy atom. The summed E-state index contributed by atoms with van der Waals surface area (Å²) in [6, 6.07) is 8.70. The van der Waals surface area contributed by atoms with Gasteiger partial charge in [-0.2, -0.15) is 0 Å². The second kappa shape index (κ2) is 5.18. The summed E-state index contributed by atoms with van der Waals surface area (Å²) in [7, 11) is 0. The van der Waals surface area contributed by atoms with Gasteiger partial charge in [-0.1, -0.05) is 25.1 Å². The van der Waals surface area contributed by atoms with Crippen molar-refractivity contribution in [1.29, 1.82) is 0 Å². The molecule has 4 nitrogen and oxygen atoms in total. The largest absolute Gasteiger partial charge is 0.479 e. The van der Waals surface area contributed by atoms with Gasteiger partial charge >= 0.3 is 5.97 Å². The third-order valence-corrected chi connectivity index (χ3v) is 3.12. The average molecular weight is 244 g/mol. The van der Waals surface area contributed by atoms with E-state index in [2.05, 4.69) is 0 Å². The summed E-state index contributed by atoms with van der Waals surface area (Å²) in [5.41, 5.74) is -0.939. The van der Waals surface area contributed by atoms with Gasteiger partial charge in [0.25, 0.3) is 0 Å². The van der Waals surface area contributed by atoms with Crippen LogP contribution >= 0.6 is 11.8 Å². The highest BCUT2D eigenvalue weighted by molar-refractivity contribution is 6.28. The first-order chi connectivity index (χ1) is 7.58. The number of para-hydroxylation sites is 1. The fraction of sp³-hybridized carbons (Fsp3) is 0.364. The number of hydrogen-bond acceptors (Lipinski definition) is 3. The zero-order valence-electron chi connectivity index (χ0n) is 8.93. The highest BCUT2D eigenvalue weighted by atomic mass is 35.5. The Bertz CT molecular complexity index is 352. The summed E-state index contributed by atoms with van der Waals surface area (Å²) < 4.78 is 1.08. The molecule has 1 atom stereocenters. The molecule has 0 heterocycles. The number of aliphatic hydroxyl groups excluding tert-OH is 1. The third kappa shape index (κ3) is 2.13. The minimum atomic E-state index is -1.48. The van der Waals surface area contributed by atoms with Crippen LogP contribution in [0.2, 0.25) is 0 Å². The van der Waals surface area contributed by atoms with Gasteiger partial charge in [-0.3, -0.25) is 4.42 Å². The van der Waals surface area contributed by atoms with Crippen LogP contribution in [-0.4, -0.2) is 28.3 Å². The van der Waals surface area contributed by atoms with Crippen LogP contribution in [0.15, 0.2) is 30.3 Å². The molecule has 0 unspecified atom stereocenters. The van der Waals surface area contributed by atoms with Crippen molar-refractivity contribution in [3.05, 3.63) is 30.3 Å². The van der Waals surface area contributed by atoms with Gasteiger partial charge in [0, 0.05) is 11.8 Å². The predicted octanol–water partition coefficient (Wildman–Crippen LogP) is 1.87. The van der Waals surface area contributed by atoms with E-state index in [4.69, 9.17) is 16.9 Å². The number of rotatable bonds is 5. The molecule has 0 amide bonds. The van der Waals surface area contributed by atoms with Crippen LogP contribution in [0, 0.1) is 0 Å². The highest BCUT2D eigenvalue weighted by Gasteiger charge is 2.42. The van der Waals surface area contributed by atoms with E-state index in [-0.39, 0.29) is 6.42 Å². The number of carboxylic acid groups (broad SMARTS) is 1. The lowest BCUT2D eigenvalue weighted by atomic mass is 9.97. The fourth-order valence-corrected chi connectivity index (χ4v) is 1.78. The molecule has 0 saturated carbocycles. The molecule has 0 aliphatic rings. The van der Waals surface area contributed by atoms with Crippen molar-refractivity contribution < 1.29 is 15.0 Å². The summed E-state index contributed by atoms with van der Waals surface area (Å²) in [5, 5.41) is 18.4. The lowest BCUT2D eigenvalue weighted by Crippen LogP contribution is -2.53. The molecule has 0 radical (unpaired) electrons. The van der Waals surface area contributed by atoms with Crippen molar-refractivity contribution in [2.24, 2.45) is 0 Å². The molecule has 0 spiro atoms. The Hall–Kier alpha value is -1.26. The molecule has 1 rings (SSSR count).